The summed E-state index contributed by atoms with van der Waals surface area (Å²) >= 11 is 5.93. The summed E-state index contributed by atoms with van der Waals surface area (Å²) in [7, 11) is 0. The van der Waals surface area contributed by atoms with Crippen LogP contribution in [-0.4, -0.2) is 21.5 Å². The number of alkyl halides is 3. The molecule has 3 aromatic heterocycles. The second kappa shape index (κ2) is 7.98. The van der Waals surface area contributed by atoms with Crippen molar-refractivity contribution in [2.75, 3.05) is 11.9 Å². The van der Waals surface area contributed by atoms with Crippen LogP contribution in [0.2, 0.25) is 5.02 Å². The molecule has 0 spiro atoms. The summed E-state index contributed by atoms with van der Waals surface area (Å²) < 4.78 is 40.1. The molecule has 162 valence electrons. The van der Waals surface area contributed by atoms with Crippen molar-refractivity contribution < 1.29 is 13.2 Å². The fraction of sp³-hybridized carbons (Fsp3) is 0.167. The van der Waals surface area contributed by atoms with Gasteiger partial charge in [-0.25, -0.2) is 9.97 Å². The highest BCUT2D eigenvalue weighted by atomic mass is 35.5. The molecule has 0 radical (unpaired) electrons. The third-order valence-corrected chi connectivity index (χ3v) is 5.77. The minimum absolute atomic E-state index is 0.00912. The summed E-state index contributed by atoms with van der Waals surface area (Å²) in [5, 5.41) is 4.35. The Hall–Kier alpha value is -3.32. The number of nitrogens with one attached hydrogen (secondary N) is 2. The van der Waals surface area contributed by atoms with E-state index in [4.69, 9.17) is 11.6 Å². The number of nitrogens with zero attached hydrogens (tertiary/aromatic N) is 2. The molecule has 0 fully saturated rings. The Morgan fingerprint density at radius 3 is 2.59 bits per heavy atom. The smallest absolute Gasteiger partial charge is 0.370 e. The fourth-order valence-corrected chi connectivity index (χ4v) is 4.11. The average Bonchev–Trinajstić information content (AvgIpc) is 3.19. The topological polar surface area (TPSA) is 53.6 Å². The van der Waals surface area contributed by atoms with Gasteiger partial charge in [0.05, 0.1) is 5.56 Å². The zero-order valence-electron chi connectivity index (χ0n) is 16.8. The summed E-state index contributed by atoms with van der Waals surface area (Å²) in [5.41, 5.74) is 3.68. The van der Waals surface area contributed by atoms with Crippen molar-refractivity contribution in [1.29, 1.82) is 0 Å². The van der Waals surface area contributed by atoms with E-state index in [0.29, 0.717) is 5.65 Å². The summed E-state index contributed by atoms with van der Waals surface area (Å²) in [6, 6.07) is 7.63. The maximum Gasteiger partial charge on any atom is 0.416 e. The van der Waals surface area contributed by atoms with Gasteiger partial charge < -0.3 is 10.3 Å². The molecule has 32 heavy (non-hydrogen) atoms. The van der Waals surface area contributed by atoms with Crippen molar-refractivity contribution >= 4 is 40.6 Å². The first kappa shape index (κ1) is 20.6. The second-order valence-electron chi connectivity index (χ2n) is 7.69. The molecule has 1 aliphatic heterocycles. The van der Waals surface area contributed by atoms with E-state index in [1.807, 2.05) is 12.3 Å². The standard InChI is InChI=1S/C24H18ClF3N4/c25-19-5-6-21(24(26,27)28)14(9-19)3-4-16-11-31-23-20(16)10-18(13-32-23)17-8-15-2-1-7-29-22(15)30-12-17/h3-6,8-13H,1-2,7H2,(H,29,30)(H,31,32). The van der Waals surface area contributed by atoms with Gasteiger partial charge in [0.1, 0.15) is 11.5 Å². The number of aromatic amines is 1. The van der Waals surface area contributed by atoms with E-state index in [9.17, 15) is 13.2 Å². The van der Waals surface area contributed by atoms with Crippen LogP contribution in [0.5, 0.6) is 0 Å². The van der Waals surface area contributed by atoms with Crippen LogP contribution in [-0.2, 0) is 12.6 Å². The summed E-state index contributed by atoms with van der Waals surface area (Å²) in [4.78, 5) is 12.1. The zero-order valence-corrected chi connectivity index (χ0v) is 17.6. The second-order valence-corrected chi connectivity index (χ2v) is 8.13. The Morgan fingerprint density at radius 1 is 0.969 bits per heavy atom. The monoisotopic (exact) mass is 454 g/mol. The van der Waals surface area contributed by atoms with Gasteiger partial charge in [0, 0.05) is 52.2 Å². The summed E-state index contributed by atoms with van der Waals surface area (Å²) in [6.45, 7) is 0.925. The van der Waals surface area contributed by atoms with E-state index in [-0.39, 0.29) is 10.6 Å². The van der Waals surface area contributed by atoms with Gasteiger partial charge in [-0.3, -0.25) is 0 Å². The molecule has 5 rings (SSSR count). The third kappa shape index (κ3) is 3.96. The van der Waals surface area contributed by atoms with Crippen molar-refractivity contribution in [3.05, 3.63) is 76.2 Å². The third-order valence-electron chi connectivity index (χ3n) is 5.54. The Morgan fingerprint density at radius 2 is 1.75 bits per heavy atom. The maximum absolute atomic E-state index is 13.4. The van der Waals surface area contributed by atoms with Crippen molar-refractivity contribution in [3.8, 4) is 11.1 Å². The lowest BCUT2D eigenvalue weighted by molar-refractivity contribution is -0.137. The molecule has 1 aliphatic rings. The number of fused-ring (bicyclic) bond motifs is 2. The lowest BCUT2D eigenvalue weighted by Crippen LogP contribution is -2.13. The zero-order chi connectivity index (χ0) is 22.3. The summed E-state index contributed by atoms with van der Waals surface area (Å²) in [5.74, 6) is 0.918. The number of hydrogen-bond acceptors (Lipinski definition) is 3. The van der Waals surface area contributed by atoms with Gasteiger partial charge >= 0.3 is 6.18 Å². The molecule has 8 heteroatoms. The van der Waals surface area contributed by atoms with Crippen molar-refractivity contribution in [1.82, 2.24) is 15.0 Å². The van der Waals surface area contributed by atoms with Crippen LogP contribution in [0.4, 0.5) is 19.0 Å². The first-order valence-electron chi connectivity index (χ1n) is 10.1. The van der Waals surface area contributed by atoms with Gasteiger partial charge in [0.2, 0.25) is 0 Å². The van der Waals surface area contributed by atoms with E-state index in [1.165, 1.54) is 23.8 Å². The van der Waals surface area contributed by atoms with Gasteiger partial charge in [0.25, 0.3) is 0 Å². The highest BCUT2D eigenvalue weighted by Crippen LogP contribution is 2.35. The number of pyridine rings is 2. The Labute approximate surface area is 187 Å². The molecule has 4 nitrogen and oxygen atoms in total. The molecule has 4 aromatic rings. The normalized spacial score (nSPS) is 14.0. The molecule has 0 bridgehead atoms. The number of aromatic nitrogens is 3. The first-order chi connectivity index (χ1) is 15.4. The van der Waals surface area contributed by atoms with Crippen LogP contribution in [0.3, 0.4) is 0 Å². The fourth-order valence-electron chi connectivity index (χ4n) is 3.93. The predicted molar refractivity (Wildman–Crippen MR) is 122 cm³/mol. The van der Waals surface area contributed by atoms with Gasteiger partial charge in [-0.2, -0.15) is 13.2 Å². The van der Waals surface area contributed by atoms with E-state index < -0.39 is 11.7 Å². The van der Waals surface area contributed by atoms with Crippen LogP contribution < -0.4 is 5.32 Å². The van der Waals surface area contributed by atoms with E-state index in [1.54, 1.807) is 18.5 Å². The molecule has 0 saturated heterocycles. The Kier molecular flexibility index (Phi) is 5.13. The van der Waals surface area contributed by atoms with Gasteiger partial charge in [0.15, 0.2) is 0 Å². The average molecular weight is 455 g/mol. The van der Waals surface area contributed by atoms with E-state index >= 15 is 0 Å². The number of benzene rings is 1. The van der Waals surface area contributed by atoms with Crippen molar-refractivity contribution in [2.24, 2.45) is 0 Å². The molecular formula is C24H18ClF3N4. The highest BCUT2D eigenvalue weighted by Gasteiger charge is 2.32. The number of anilines is 1. The molecule has 0 unspecified atom stereocenters. The summed E-state index contributed by atoms with van der Waals surface area (Å²) in [6.07, 6.45) is 5.94. The number of H-pyrrole nitrogens is 1. The molecule has 2 N–H and O–H groups in total. The van der Waals surface area contributed by atoms with Crippen LogP contribution in [0.25, 0.3) is 34.3 Å². The Bertz CT molecular complexity index is 1340. The Balaban J connectivity index is 1.52. The van der Waals surface area contributed by atoms with Crippen LogP contribution in [0.1, 0.15) is 28.7 Å². The quantitative estimate of drug-likeness (QED) is 0.357. The highest BCUT2D eigenvalue weighted by molar-refractivity contribution is 6.30. The van der Waals surface area contributed by atoms with Gasteiger partial charge in [-0.15, -0.1) is 0 Å². The number of rotatable bonds is 3. The molecular weight excluding hydrogens is 437 g/mol. The van der Waals surface area contributed by atoms with Crippen molar-refractivity contribution in [2.45, 2.75) is 19.0 Å². The molecule has 0 amide bonds. The number of halogens is 4. The maximum atomic E-state index is 13.4. The van der Waals surface area contributed by atoms with Gasteiger partial charge in [-0.05, 0) is 54.3 Å². The van der Waals surface area contributed by atoms with E-state index in [2.05, 4.69) is 26.3 Å². The predicted octanol–water partition coefficient (Wildman–Crippen LogP) is 6.83. The molecule has 0 saturated carbocycles. The molecule has 0 atom stereocenters. The lowest BCUT2D eigenvalue weighted by atomic mass is 10.0. The number of hydrogen-bond donors (Lipinski definition) is 2. The number of aryl methyl sites for hydroxylation is 1. The van der Waals surface area contributed by atoms with Crippen LogP contribution >= 0.6 is 11.6 Å². The molecule has 1 aromatic carbocycles. The van der Waals surface area contributed by atoms with Gasteiger partial charge in [-0.1, -0.05) is 23.8 Å². The molecule has 0 aliphatic carbocycles. The van der Waals surface area contributed by atoms with E-state index in [0.717, 1.165) is 53.3 Å². The first-order valence-corrected chi connectivity index (χ1v) is 10.5. The minimum atomic E-state index is -4.46. The van der Waals surface area contributed by atoms with Crippen LogP contribution in [0, 0.1) is 0 Å². The molecule has 4 heterocycles. The lowest BCUT2D eigenvalue weighted by Gasteiger charge is -2.17. The SMILES string of the molecule is FC(F)(F)c1ccc(Cl)cc1C=Cc1c[nH]c2ncc(-c3cnc4c(c3)CCCN4)cc12. The van der Waals surface area contributed by atoms with Crippen LogP contribution in [0.15, 0.2) is 48.9 Å². The van der Waals surface area contributed by atoms with Crippen molar-refractivity contribution in [3.63, 3.8) is 0 Å². The largest absolute Gasteiger partial charge is 0.416 e. The minimum Gasteiger partial charge on any atom is -0.370 e.